The lowest BCUT2D eigenvalue weighted by molar-refractivity contribution is 0.143. The van der Waals surface area contributed by atoms with Crippen LogP contribution in [-0.4, -0.2) is 45.3 Å². The van der Waals surface area contributed by atoms with Crippen LogP contribution in [0.25, 0.3) is 11.2 Å². The first-order valence-electron chi connectivity index (χ1n) is 10.5. The van der Waals surface area contributed by atoms with E-state index in [1.807, 2.05) is 16.7 Å². The molecule has 0 spiro atoms. The van der Waals surface area contributed by atoms with Gasteiger partial charge in [0.25, 0.3) is 0 Å². The number of unbranched alkanes of at least 4 members (excludes halogenated alkanes) is 1. The molecule has 0 saturated carbocycles. The van der Waals surface area contributed by atoms with Crippen LogP contribution in [0.5, 0.6) is 0 Å². The van der Waals surface area contributed by atoms with E-state index in [1.165, 1.54) is 18.5 Å². The molecule has 0 aliphatic carbocycles. The number of alkyl carbamates (subject to hydrolysis) is 1. The molecule has 3 aromatic rings. The Morgan fingerprint density at radius 2 is 1.94 bits per heavy atom. The van der Waals surface area contributed by atoms with Crippen LogP contribution in [0.1, 0.15) is 31.2 Å². The van der Waals surface area contributed by atoms with Crippen molar-refractivity contribution in [3.8, 4) is 0 Å². The highest BCUT2D eigenvalue weighted by molar-refractivity contribution is 6.28. The standard InChI is InChI=1S/C21H26ClN7O2/c22-20-26-18(23)17-19(27-20)29(14-25-17)11-3-4-12-31-21(30)24-13-15-5-7-16(8-6-15)28-9-1-2-10-28/h5-8,14H,1-4,9-13H2,(H,24,30)(H2,23,26,27). The van der Waals surface area contributed by atoms with E-state index in [0.717, 1.165) is 25.1 Å². The Bertz CT molecular complexity index is 1030. The number of hydrogen-bond donors (Lipinski definition) is 2. The molecule has 10 heteroatoms. The first-order valence-corrected chi connectivity index (χ1v) is 10.9. The van der Waals surface area contributed by atoms with Gasteiger partial charge in [-0.15, -0.1) is 0 Å². The van der Waals surface area contributed by atoms with Crippen molar-refractivity contribution in [3.05, 3.63) is 41.4 Å². The lowest BCUT2D eigenvalue weighted by Gasteiger charge is -2.17. The summed E-state index contributed by atoms with van der Waals surface area (Å²) in [5.74, 6) is 0.263. The summed E-state index contributed by atoms with van der Waals surface area (Å²) in [4.78, 5) is 26.6. The highest BCUT2D eigenvalue weighted by Gasteiger charge is 2.12. The molecule has 1 fully saturated rings. The Morgan fingerprint density at radius 1 is 1.16 bits per heavy atom. The lowest BCUT2D eigenvalue weighted by Crippen LogP contribution is -2.24. The van der Waals surface area contributed by atoms with Gasteiger partial charge in [0.05, 0.1) is 12.9 Å². The van der Waals surface area contributed by atoms with Crippen LogP contribution in [0.2, 0.25) is 5.28 Å². The van der Waals surface area contributed by atoms with Crippen molar-refractivity contribution < 1.29 is 9.53 Å². The quantitative estimate of drug-likeness (QED) is 0.405. The second-order valence-corrected chi connectivity index (χ2v) is 7.88. The predicted octanol–water partition coefficient (Wildman–Crippen LogP) is 3.37. The number of hydrogen-bond acceptors (Lipinski definition) is 7. The average Bonchev–Trinajstić information content (AvgIpc) is 3.43. The maximum absolute atomic E-state index is 11.9. The van der Waals surface area contributed by atoms with Crippen LogP contribution >= 0.6 is 11.6 Å². The number of nitrogen functional groups attached to an aromatic ring is 1. The second-order valence-electron chi connectivity index (χ2n) is 7.55. The molecule has 1 aliphatic heterocycles. The predicted molar refractivity (Wildman–Crippen MR) is 120 cm³/mol. The number of carbonyl (C=O) groups is 1. The van der Waals surface area contributed by atoms with E-state index in [1.54, 1.807) is 6.33 Å². The van der Waals surface area contributed by atoms with Crippen LogP contribution in [-0.2, 0) is 17.8 Å². The minimum absolute atomic E-state index is 0.0949. The van der Waals surface area contributed by atoms with Gasteiger partial charge in [-0.3, -0.25) is 0 Å². The number of aryl methyl sites for hydroxylation is 1. The van der Waals surface area contributed by atoms with Crippen LogP contribution in [0.3, 0.4) is 0 Å². The summed E-state index contributed by atoms with van der Waals surface area (Å²) in [5, 5.41) is 2.89. The second kappa shape index (κ2) is 9.82. The van der Waals surface area contributed by atoms with E-state index in [2.05, 4.69) is 37.3 Å². The highest BCUT2D eigenvalue weighted by Crippen LogP contribution is 2.20. The smallest absolute Gasteiger partial charge is 0.407 e. The molecule has 1 amide bonds. The van der Waals surface area contributed by atoms with Crippen LogP contribution < -0.4 is 16.0 Å². The Hall–Kier alpha value is -3.07. The van der Waals surface area contributed by atoms with Gasteiger partial charge in [0.2, 0.25) is 5.28 Å². The Kier molecular flexibility index (Phi) is 6.71. The normalized spacial score (nSPS) is 13.6. The molecule has 0 bridgehead atoms. The summed E-state index contributed by atoms with van der Waals surface area (Å²) >= 11 is 5.87. The number of fused-ring (bicyclic) bond motifs is 1. The fourth-order valence-electron chi connectivity index (χ4n) is 3.68. The number of nitrogens with one attached hydrogen (secondary N) is 1. The number of nitrogens with zero attached hydrogens (tertiary/aromatic N) is 5. The maximum Gasteiger partial charge on any atom is 0.407 e. The zero-order valence-electron chi connectivity index (χ0n) is 17.3. The number of halogens is 1. The minimum Gasteiger partial charge on any atom is -0.450 e. The summed E-state index contributed by atoms with van der Waals surface area (Å²) in [6, 6.07) is 8.32. The third kappa shape index (κ3) is 5.35. The van der Waals surface area contributed by atoms with Gasteiger partial charge >= 0.3 is 6.09 Å². The number of rotatable bonds is 8. The summed E-state index contributed by atoms with van der Waals surface area (Å²) < 4.78 is 7.13. The average molecular weight is 444 g/mol. The molecule has 3 N–H and O–H groups in total. The number of aromatic nitrogens is 4. The van der Waals surface area contributed by atoms with Crippen LogP contribution in [0.15, 0.2) is 30.6 Å². The number of anilines is 2. The molecule has 1 saturated heterocycles. The zero-order chi connectivity index (χ0) is 21.6. The Balaban J connectivity index is 1.15. The number of ether oxygens (including phenoxy) is 1. The number of amides is 1. The van der Waals surface area contributed by atoms with Gasteiger partial charge in [0.1, 0.15) is 5.52 Å². The van der Waals surface area contributed by atoms with Gasteiger partial charge in [-0.25, -0.2) is 9.78 Å². The van der Waals surface area contributed by atoms with Gasteiger partial charge in [-0.05, 0) is 55.0 Å². The van der Waals surface area contributed by atoms with E-state index in [9.17, 15) is 4.79 Å². The molecule has 4 rings (SSSR count). The molecule has 1 aliphatic rings. The van der Waals surface area contributed by atoms with Gasteiger partial charge in [-0.2, -0.15) is 9.97 Å². The number of carbonyl (C=O) groups excluding carboxylic acids is 1. The van der Waals surface area contributed by atoms with Crippen molar-refractivity contribution in [1.82, 2.24) is 24.8 Å². The van der Waals surface area contributed by atoms with Crippen molar-refractivity contribution in [3.63, 3.8) is 0 Å². The molecule has 9 nitrogen and oxygen atoms in total. The molecular formula is C21H26ClN7O2. The fraction of sp³-hybridized carbons (Fsp3) is 0.429. The van der Waals surface area contributed by atoms with Crippen LogP contribution in [0, 0.1) is 0 Å². The summed E-state index contributed by atoms with van der Waals surface area (Å²) in [7, 11) is 0. The summed E-state index contributed by atoms with van der Waals surface area (Å²) in [5.41, 5.74) is 9.24. The summed E-state index contributed by atoms with van der Waals surface area (Å²) in [6.07, 6.45) is 5.26. The van der Waals surface area contributed by atoms with E-state index < -0.39 is 6.09 Å². The van der Waals surface area contributed by atoms with Crippen molar-refractivity contribution in [2.75, 3.05) is 30.3 Å². The van der Waals surface area contributed by atoms with Crippen molar-refractivity contribution >= 4 is 40.4 Å². The first kappa shape index (κ1) is 21.2. The van der Waals surface area contributed by atoms with Crippen molar-refractivity contribution in [2.45, 2.75) is 38.8 Å². The highest BCUT2D eigenvalue weighted by atomic mass is 35.5. The zero-order valence-corrected chi connectivity index (χ0v) is 18.0. The Labute approximate surface area is 185 Å². The fourth-order valence-corrected chi connectivity index (χ4v) is 3.85. The molecule has 164 valence electrons. The molecule has 0 atom stereocenters. The molecule has 1 aromatic carbocycles. The third-order valence-corrected chi connectivity index (χ3v) is 5.50. The molecule has 0 unspecified atom stereocenters. The largest absolute Gasteiger partial charge is 0.450 e. The molecule has 31 heavy (non-hydrogen) atoms. The van der Waals surface area contributed by atoms with Crippen molar-refractivity contribution in [1.29, 1.82) is 0 Å². The van der Waals surface area contributed by atoms with Crippen molar-refractivity contribution in [2.24, 2.45) is 0 Å². The van der Waals surface area contributed by atoms with E-state index in [-0.39, 0.29) is 11.1 Å². The van der Waals surface area contributed by atoms with Gasteiger partial charge in [-0.1, -0.05) is 12.1 Å². The van der Waals surface area contributed by atoms with E-state index >= 15 is 0 Å². The number of imidazole rings is 1. The molecule has 3 heterocycles. The monoisotopic (exact) mass is 443 g/mol. The maximum atomic E-state index is 11.9. The first-order chi connectivity index (χ1) is 15.1. The van der Waals surface area contributed by atoms with E-state index in [4.69, 9.17) is 22.1 Å². The minimum atomic E-state index is -0.413. The number of benzene rings is 1. The van der Waals surface area contributed by atoms with Gasteiger partial charge in [0, 0.05) is 31.9 Å². The third-order valence-electron chi connectivity index (χ3n) is 5.33. The lowest BCUT2D eigenvalue weighted by atomic mass is 10.2. The molecular weight excluding hydrogens is 418 g/mol. The van der Waals surface area contributed by atoms with Gasteiger partial charge in [0.15, 0.2) is 11.5 Å². The molecule has 2 aromatic heterocycles. The molecule has 0 radical (unpaired) electrons. The summed E-state index contributed by atoms with van der Waals surface area (Å²) in [6.45, 7) is 3.69. The SMILES string of the molecule is Nc1nc(Cl)nc2c1ncn2CCCCOC(=O)NCc1ccc(N2CCCC2)cc1. The Morgan fingerprint density at radius 3 is 2.71 bits per heavy atom. The topological polar surface area (TPSA) is 111 Å². The van der Waals surface area contributed by atoms with Crippen LogP contribution in [0.4, 0.5) is 16.3 Å². The van der Waals surface area contributed by atoms with Gasteiger partial charge < -0.3 is 25.3 Å². The van der Waals surface area contributed by atoms with E-state index in [0.29, 0.717) is 37.3 Å². The number of nitrogens with two attached hydrogens (primary N) is 1.